The monoisotopic (exact) mass is 391 g/mol. The van der Waals surface area contributed by atoms with Crippen LogP contribution < -0.4 is 5.73 Å². The standard InChI is InChI=1S/C21H21N5O3/c1-25-16-9-8-14(20(27)26-10-2-3-17(26)21(28)29)11-15(16)24-19(25)13-6-4-12(5-7-13)18(22)23/h4-9,11,17H,2-3,10H2,1H3,(H3,22,23)(H,28,29). The van der Waals surface area contributed by atoms with Gasteiger partial charge in [-0.15, -0.1) is 0 Å². The van der Waals surface area contributed by atoms with Gasteiger partial charge in [0.15, 0.2) is 0 Å². The summed E-state index contributed by atoms with van der Waals surface area (Å²) in [6, 6.07) is 11.7. The molecule has 8 heteroatoms. The van der Waals surface area contributed by atoms with E-state index in [0.717, 1.165) is 16.9 Å². The fraction of sp³-hybridized carbons (Fsp3) is 0.238. The molecule has 8 nitrogen and oxygen atoms in total. The molecule has 0 aliphatic carbocycles. The van der Waals surface area contributed by atoms with Gasteiger partial charge >= 0.3 is 5.97 Å². The van der Waals surface area contributed by atoms with Crippen molar-refractivity contribution in [1.29, 1.82) is 5.41 Å². The first kappa shape index (κ1) is 18.7. The van der Waals surface area contributed by atoms with Gasteiger partial charge in [-0.2, -0.15) is 0 Å². The van der Waals surface area contributed by atoms with Crippen molar-refractivity contribution < 1.29 is 14.7 Å². The summed E-state index contributed by atoms with van der Waals surface area (Å²) in [5.41, 5.74) is 8.97. The van der Waals surface area contributed by atoms with Crippen molar-refractivity contribution >= 4 is 28.7 Å². The van der Waals surface area contributed by atoms with E-state index in [1.807, 2.05) is 29.8 Å². The lowest BCUT2D eigenvalue weighted by molar-refractivity contribution is -0.141. The molecule has 1 fully saturated rings. The van der Waals surface area contributed by atoms with Gasteiger partial charge in [-0.1, -0.05) is 24.3 Å². The summed E-state index contributed by atoms with van der Waals surface area (Å²) in [7, 11) is 1.89. The molecule has 2 heterocycles. The molecule has 1 aliphatic rings. The Morgan fingerprint density at radius 3 is 2.52 bits per heavy atom. The average molecular weight is 391 g/mol. The Balaban J connectivity index is 1.69. The number of amides is 1. The minimum atomic E-state index is -0.967. The molecule has 1 aromatic heterocycles. The summed E-state index contributed by atoms with van der Waals surface area (Å²) in [6.45, 7) is 0.448. The number of hydrogen-bond acceptors (Lipinski definition) is 4. The number of likely N-dealkylation sites (tertiary alicyclic amines) is 1. The van der Waals surface area contributed by atoms with Crippen LogP contribution in [0.5, 0.6) is 0 Å². The highest BCUT2D eigenvalue weighted by Gasteiger charge is 2.34. The molecule has 4 N–H and O–H groups in total. The van der Waals surface area contributed by atoms with Crippen molar-refractivity contribution in [2.24, 2.45) is 12.8 Å². The summed E-state index contributed by atoms with van der Waals surface area (Å²) in [5.74, 6) is -0.517. The first-order valence-corrected chi connectivity index (χ1v) is 9.32. The number of aromatic nitrogens is 2. The summed E-state index contributed by atoms with van der Waals surface area (Å²) in [6.07, 6.45) is 1.17. The fourth-order valence-electron chi connectivity index (χ4n) is 3.82. The third kappa shape index (κ3) is 3.22. The lowest BCUT2D eigenvalue weighted by atomic mass is 10.1. The number of imidazole rings is 1. The molecule has 3 aromatic rings. The molecule has 0 spiro atoms. The maximum Gasteiger partial charge on any atom is 0.326 e. The van der Waals surface area contributed by atoms with Crippen LogP contribution in [0.25, 0.3) is 22.4 Å². The van der Waals surface area contributed by atoms with Crippen LogP contribution in [0.3, 0.4) is 0 Å². The van der Waals surface area contributed by atoms with Crippen LogP contribution in [0, 0.1) is 5.41 Å². The molecule has 0 bridgehead atoms. The number of nitrogens with zero attached hydrogens (tertiary/aromatic N) is 3. The molecule has 29 heavy (non-hydrogen) atoms. The first-order valence-electron chi connectivity index (χ1n) is 9.32. The van der Waals surface area contributed by atoms with Crippen LogP contribution in [-0.4, -0.2) is 49.9 Å². The van der Waals surface area contributed by atoms with E-state index in [0.29, 0.717) is 36.0 Å². The number of carboxylic acid groups (broad SMARTS) is 1. The van der Waals surface area contributed by atoms with Crippen LogP contribution in [0.2, 0.25) is 0 Å². The third-order valence-corrected chi connectivity index (χ3v) is 5.38. The van der Waals surface area contributed by atoms with Crippen LogP contribution in [0.4, 0.5) is 0 Å². The number of carboxylic acids is 1. The van der Waals surface area contributed by atoms with Crippen molar-refractivity contribution in [2.75, 3.05) is 6.54 Å². The quantitative estimate of drug-likeness (QED) is 0.464. The highest BCUT2D eigenvalue weighted by atomic mass is 16.4. The van der Waals surface area contributed by atoms with Gasteiger partial charge in [-0.25, -0.2) is 9.78 Å². The Kier molecular flexibility index (Phi) is 4.54. The van der Waals surface area contributed by atoms with Crippen LogP contribution in [0.15, 0.2) is 42.5 Å². The Labute approximate surface area is 167 Å². The van der Waals surface area contributed by atoms with Gasteiger partial charge in [0.1, 0.15) is 17.7 Å². The molecule has 148 valence electrons. The number of hydrogen-bond donors (Lipinski definition) is 3. The Bertz CT molecular complexity index is 1130. The number of rotatable bonds is 4. The van der Waals surface area contributed by atoms with E-state index in [1.165, 1.54) is 4.90 Å². The van der Waals surface area contributed by atoms with E-state index >= 15 is 0 Å². The molecule has 1 aliphatic heterocycles. The zero-order valence-electron chi connectivity index (χ0n) is 15.9. The Morgan fingerprint density at radius 2 is 1.86 bits per heavy atom. The minimum absolute atomic E-state index is 0.00582. The molecular formula is C21H21N5O3. The number of nitrogens with two attached hydrogens (primary N) is 1. The van der Waals surface area contributed by atoms with Gasteiger partial charge in [0.2, 0.25) is 0 Å². The van der Waals surface area contributed by atoms with Crippen molar-refractivity contribution in [3.63, 3.8) is 0 Å². The number of amidine groups is 1. The molecule has 1 saturated heterocycles. The van der Waals surface area contributed by atoms with Gasteiger partial charge in [-0.05, 0) is 31.0 Å². The highest BCUT2D eigenvalue weighted by molar-refractivity contribution is 6.00. The second kappa shape index (κ2) is 7.05. The number of aliphatic carboxylic acids is 1. The second-order valence-corrected chi connectivity index (χ2v) is 7.18. The van der Waals surface area contributed by atoms with Gasteiger partial charge in [-0.3, -0.25) is 10.2 Å². The zero-order valence-corrected chi connectivity index (χ0v) is 15.9. The van der Waals surface area contributed by atoms with Crippen molar-refractivity contribution in [2.45, 2.75) is 18.9 Å². The number of carbonyl (C=O) groups excluding carboxylic acids is 1. The smallest absolute Gasteiger partial charge is 0.326 e. The first-order chi connectivity index (χ1) is 13.9. The third-order valence-electron chi connectivity index (χ3n) is 5.38. The summed E-state index contributed by atoms with van der Waals surface area (Å²) in [5, 5.41) is 16.8. The van der Waals surface area contributed by atoms with Crippen LogP contribution >= 0.6 is 0 Å². The molecule has 0 saturated carbocycles. The summed E-state index contributed by atoms with van der Waals surface area (Å²) < 4.78 is 1.93. The maximum atomic E-state index is 12.9. The minimum Gasteiger partial charge on any atom is -0.480 e. The predicted octanol–water partition coefficient (Wildman–Crippen LogP) is 2.21. The normalized spacial score (nSPS) is 16.3. The average Bonchev–Trinajstić information content (AvgIpc) is 3.32. The molecule has 1 atom stereocenters. The topological polar surface area (TPSA) is 125 Å². The number of aryl methyl sites for hydroxylation is 1. The summed E-state index contributed by atoms with van der Waals surface area (Å²) >= 11 is 0. The SMILES string of the molecule is Cn1c(-c2ccc(C(=N)N)cc2)nc2cc(C(=O)N3CCCC3C(=O)O)ccc21. The highest BCUT2D eigenvalue weighted by Crippen LogP contribution is 2.26. The number of nitrogens with one attached hydrogen (secondary N) is 1. The maximum absolute atomic E-state index is 12.9. The van der Waals surface area contributed by atoms with E-state index in [4.69, 9.17) is 11.1 Å². The number of fused-ring (bicyclic) bond motifs is 1. The predicted molar refractivity (Wildman–Crippen MR) is 109 cm³/mol. The van der Waals surface area contributed by atoms with Gasteiger partial charge in [0.25, 0.3) is 5.91 Å². The van der Waals surface area contributed by atoms with Crippen molar-refractivity contribution in [3.05, 3.63) is 53.6 Å². The van der Waals surface area contributed by atoms with Gasteiger partial charge < -0.3 is 20.3 Å². The van der Waals surface area contributed by atoms with Gasteiger partial charge in [0.05, 0.1) is 11.0 Å². The molecule has 1 amide bonds. The van der Waals surface area contributed by atoms with E-state index in [2.05, 4.69) is 4.98 Å². The van der Waals surface area contributed by atoms with E-state index in [9.17, 15) is 14.7 Å². The second-order valence-electron chi connectivity index (χ2n) is 7.18. The van der Waals surface area contributed by atoms with Gasteiger partial charge in [0, 0.05) is 30.3 Å². The van der Waals surface area contributed by atoms with Crippen molar-refractivity contribution in [1.82, 2.24) is 14.5 Å². The van der Waals surface area contributed by atoms with E-state index in [1.54, 1.807) is 24.3 Å². The lowest BCUT2D eigenvalue weighted by Gasteiger charge is -2.21. The van der Waals surface area contributed by atoms with Crippen LogP contribution in [-0.2, 0) is 11.8 Å². The van der Waals surface area contributed by atoms with E-state index in [-0.39, 0.29) is 11.7 Å². The molecule has 4 rings (SSSR count). The Hall–Kier alpha value is -3.68. The molecule has 0 radical (unpaired) electrons. The number of nitrogen functional groups attached to an aromatic ring is 1. The van der Waals surface area contributed by atoms with E-state index < -0.39 is 12.0 Å². The molecule has 1 unspecified atom stereocenters. The molecular weight excluding hydrogens is 370 g/mol. The molecule has 2 aromatic carbocycles. The zero-order chi connectivity index (χ0) is 20.7. The largest absolute Gasteiger partial charge is 0.480 e. The van der Waals surface area contributed by atoms with Crippen LogP contribution in [0.1, 0.15) is 28.8 Å². The summed E-state index contributed by atoms with van der Waals surface area (Å²) in [4.78, 5) is 30.4. The van der Waals surface area contributed by atoms with Crippen molar-refractivity contribution in [3.8, 4) is 11.4 Å². The lowest BCUT2D eigenvalue weighted by Crippen LogP contribution is -2.40. The Morgan fingerprint density at radius 1 is 1.17 bits per heavy atom. The number of benzene rings is 2. The number of carbonyl (C=O) groups is 2. The fourth-order valence-corrected chi connectivity index (χ4v) is 3.82.